The number of hydrogen-bond donors (Lipinski definition) is 0. The molecule has 1 saturated heterocycles. The molecular formula is C16H25NO5S. The van der Waals surface area contributed by atoms with Crippen molar-refractivity contribution in [1.29, 1.82) is 0 Å². The Bertz CT molecular complexity index is 636. The van der Waals surface area contributed by atoms with E-state index in [1.165, 1.54) is 11.4 Å². The first-order chi connectivity index (χ1) is 10.9. The third-order valence-corrected chi connectivity index (χ3v) is 6.59. The summed E-state index contributed by atoms with van der Waals surface area (Å²) in [6.45, 7) is 3.06. The number of benzene rings is 1. The Morgan fingerprint density at radius 1 is 1.17 bits per heavy atom. The monoisotopic (exact) mass is 343 g/mol. The van der Waals surface area contributed by atoms with Crippen molar-refractivity contribution in [2.45, 2.75) is 30.3 Å². The summed E-state index contributed by atoms with van der Waals surface area (Å²) in [5, 5.41) is 0. The van der Waals surface area contributed by atoms with Crippen molar-refractivity contribution in [2.24, 2.45) is 0 Å². The summed E-state index contributed by atoms with van der Waals surface area (Å²) in [7, 11) is 1.27. The number of sulfonamides is 1. The highest BCUT2D eigenvalue weighted by molar-refractivity contribution is 7.89. The molecule has 0 amide bonds. The van der Waals surface area contributed by atoms with Gasteiger partial charge in [0.05, 0.1) is 24.2 Å². The lowest BCUT2D eigenvalue weighted by Crippen LogP contribution is -2.49. The van der Waals surface area contributed by atoms with E-state index in [4.69, 9.17) is 14.2 Å². The fourth-order valence-electron chi connectivity index (χ4n) is 3.04. The van der Waals surface area contributed by atoms with E-state index in [1.807, 2.05) is 0 Å². The molecule has 0 N–H and O–H groups in total. The quantitative estimate of drug-likeness (QED) is 0.788. The van der Waals surface area contributed by atoms with Gasteiger partial charge in [0.15, 0.2) is 0 Å². The summed E-state index contributed by atoms with van der Waals surface area (Å²) in [5.74, 6) is 0.578. The van der Waals surface area contributed by atoms with Crippen molar-refractivity contribution in [3.05, 3.63) is 23.8 Å². The van der Waals surface area contributed by atoms with Gasteiger partial charge >= 0.3 is 0 Å². The molecule has 23 heavy (non-hydrogen) atoms. The molecule has 0 bridgehead atoms. The standard InChI is InChI=1S/C16H25NO5S/c1-13-14(21-3)6-5-7-15(13)23(18,19)17-10-8-16(22-4,9-11-17)12-20-2/h5-7H,8-12H2,1-4H3. The van der Waals surface area contributed by atoms with Crippen LogP contribution in [-0.2, 0) is 19.5 Å². The van der Waals surface area contributed by atoms with Crippen molar-refractivity contribution < 1.29 is 22.6 Å². The van der Waals surface area contributed by atoms with Gasteiger partial charge in [0, 0.05) is 32.9 Å². The number of hydrogen-bond acceptors (Lipinski definition) is 5. The van der Waals surface area contributed by atoms with Gasteiger partial charge in [-0.3, -0.25) is 0 Å². The van der Waals surface area contributed by atoms with E-state index < -0.39 is 15.6 Å². The van der Waals surface area contributed by atoms with E-state index in [1.54, 1.807) is 39.3 Å². The maximum Gasteiger partial charge on any atom is 0.243 e. The summed E-state index contributed by atoms with van der Waals surface area (Å²) in [6, 6.07) is 5.09. The first kappa shape index (κ1) is 18.2. The lowest BCUT2D eigenvalue weighted by molar-refractivity contribution is -0.0899. The number of piperidine rings is 1. The lowest BCUT2D eigenvalue weighted by Gasteiger charge is -2.39. The summed E-state index contributed by atoms with van der Waals surface area (Å²) < 4.78 is 43.4. The van der Waals surface area contributed by atoms with Gasteiger partial charge in [0.2, 0.25) is 10.0 Å². The van der Waals surface area contributed by atoms with Gasteiger partial charge in [-0.15, -0.1) is 0 Å². The summed E-state index contributed by atoms with van der Waals surface area (Å²) >= 11 is 0. The molecule has 0 aliphatic carbocycles. The van der Waals surface area contributed by atoms with Crippen LogP contribution < -0.4 is 4.74 Å². The van der Waals surface area contributed by atoms with E-state index in [0.717, 1.165) is 0 Å². The van der Waals surface area contributed by atoms with E-state index in [0.29, 0.717) is 48.7 Å². The van der Waals surface area contributed by atoms with Crippen molar-refractivity contribution in [1.82, 2.24) is 4.31 Å². The number of nitrogens with zero attached hydrogens (tertiary/aromatic N) is 1. The summed E-state index contributed by atoms with van der Waals surface area (Å²) in [4.78, 5) is 0.300. The molecule has 6 nitrogen and oxygen atoms in total. The maximum atomic E-state index is 12.9. The van der Waals surface area contributed by atoms with Crippen LogP contribution in [0.1, 0.15) is 18.4 Å². The van der Waals surface area contributed by atoms with E-state index >= 15 is 0 Å². The highest BCUT2D eigenvalue weighted by Gasteiger charge is 2.39. The molecule has 7 heteroatoms. The van der Waals surface area contributed by atoms with E-state index in [2.05, 4.69) is 0 Å². The van der Waals surface area contributed by atoms with Crippen molar-refractivity contribution >= 4 is 10.0 Å². The molecule has 0 spiro atoms. The lowest BCUT2D eigenvalue weighted by atomic mass is 9.93. The topological polar surface area (TPSA) is 65.1 Å². The van der Waals surface area contributed by atoms with Gasteiger partial charge in [0.25, 0.3) is 0 Å². The first-order valence-corrected chi connectivity index (χ1v) is 9.02. The Kier molecular flexibility index (Phi) is 5.67. The van der Waals surface area contributed by atoms with E-state index in [-0.39, 0.29) is 0 Å². The molecule has 1 aliphatic heterocycles. The third-order valence-electron chi connectivity index (χ3n) is 4.55. The Morgan fingerprint density at radius 2 is 1.83 bits per heavy atom. The normalized spacial score (nSPS) is 18.8. The zero-order valence-electron chi connectivity index (χ0n) is 14.2. The Morgan fingerprint density at radius 3 is 2.35 bits per heavy atom. The van der Waals surface area contributed by atoms with Crippen LogP contribution in [0.25, 0.3) is 0 Å². The van der Waals surface area contributed by atoms with Gasteiger partial charge in [-0.25, -0.2) is 8.42 Å². The first-order valence-electron chi connectivity index (χ1n) is 7.58. The third kappa shape index (κ3) is 3.52. The number of methoxy groups -OCH3 is 3. The zero-order valence-corrected chi connectivity index (χ0v) is 15.0. The minimum absolute atomic E-state index is 0.300. The average molecular weight is 343 g/mol. The smallest absolute Gasteiger partial charge is 0.243 e. The molecule has 0 saturated carbocycles. The largest absolute Gasteiger partial charge is 0.496 e. The van der Waals surface area contributed by atoms with Crippen LogP contribution in [0.3, 0.4) is 0 Å². The number of rotatable bonds is 6. The van der Waals surface area contributed by atoms with Crippen LogP contribution >= 0.6 is 0 Å². The molecule has 1 aromatic rings. The molecule has 0 radical (unpaired) electrons. The highest BCUT2D eigenvalue weighted by Crippen LogP contribution is 2.32. The van der Waals surface area contributed by atoms with Crippen LogP contribution in [0.2, 0.25) is 0 Å². The summed E-state index contributed by atoms with van der Waals surface area (Å²) in [5.41, 5.74) is 0.236. The molecule has 0 atom stereocenters. The molecule has 0 unspecified atom stereocenters. The predicted octanol–water partition coefficient (Wildman–Crippen LogP) is 1.82. The van der Waals surface area contributed by atoms with Crippen LogP contribution in [0.5, 0.6) is 5.75 Å². The van der Waals surface area contributed by atoms with Crippen LogP contribution in [0.4, 0.5) is 0 Å². The van der Waals surface area contributed by atoms with E-state index in [9.17, 15) is 8.42 Å². The fourth-order valence-corrected chi connectivity index (χ4v) is 4.72. The minimum Gasteiger partial charge on any atom is -0.496 e. The van der Waals surface area contributed by atoms with Crippen molar-refractivity contribution in [3.63, 3.8) is 0 Å². The van der Waals surface area contributed by atoms with Gasteiger partial charge in [-0.2, -0.15) is 4.31 Å². The van der Waals surface area contributed by atoms with Crippen molar-refractivity contribution in [3.8, 4) is 5.75 Å². The highest BCUT2D eigenvalue weighted by atomic mass is 32.2. The molecule has 1 heterocycles. The summed E-state index contributed by atoms with van der Waals surface area (Å²) in [6.07, 6.45) is 1.22. The molecule has 1 fully saturated rings. The molecular weight excluding hydrogens is 318 g/mol. The second-order valence-corrected chi connectivity index (χ2v) is 7.71. The van der Waals surface area contributed by atoms with Gasteiger partial charge < -0.3 is 14.2 Å². The Balaban J connectivity index is 2.23. The SMILES string of the molecule is COCC1(OC)CCN(S(=O)(=O)c2cccc(OC)c2C)CC1. The molecule has 0 aromatic heterocycles. The second kappa shape index (κ2) is 7.17. The van der Waals surface area contributed by atoms with Crippen LogP contribution in [-0.4, -0.2) is 59.3 Å². The van der Waals surface area contributed by atoms with Crippen molar-refractivity contribution in [2.75, 3.05) is 41.0 Å². The molecule has 130 valence electrons. The number of ether oxygens (including phenoxy) is 3. The van der Waals surface area contributed by atoms with Gasteiger partial charge in [-0.1, -0.05) is 6.07 Å². The minimum atomic E-state index is -3.54. The van der Waals surface area contributed by atoms with Gasteiger partial charge in [0.1, 0.15) is 5.75 Å². The fraction of sp³-hybridized carbons (Fsp3) is 0.625. The van der Waals surface area contributed by atoms with Crippen LogP contribution in [0, 0.1) is 6.92 Å². The van der Waals surface area contributed by atoms with Gasteiger partial charge in [-0.05, 0) is 31.9 Å². The predicted molar refractivity (Wildman–Crippen MR) is 87.3 cm³/mol. The molecule has 1 aromatic carbocycles. The maximum absolute atomic E-state index is 12.9. The molecule has 1 aliphatic rings. The average Bonchev–Trinajstić information content (AvgIpc) is 2.55. The van der Waals surface area contributed by atoms with Crippen LogP contribution in [0.15, 0.2) is 23.1 Å². The Hall–Kier alpha value is -1.15. The zero-order chi connectivity index (χ0) is 17.1. The molecule has 2 rings (SSSR count). The second-order valence-electron chi connectivity index (χ2n) is 5.81. The Labute approximate surface area is 138 Å².